The highest BCUT2D eigenvalue weighted by molar-refractivity contribution is 7.86. The van der Waals surface area contributed by atoms with Crippen molar-refractivity contribution in [1.82, 2.24) is 0 Å². The Bertz CT molecular complexity index is 992. The molecule has 0 spiro atoms. The molecule has 0 fully saturated rings. The van der Waals surface area contributed by atoms with Crippen LogP contribution in [0.2, 0.25) is 0 Å². The number of rotatable bonds is 6. The van der Waals surface area contributed by atoms with E-state index in [9.17, 15) is 30.4 Å². The van der Waals surface area contributed by atoms with Crippen LogP contribution < -0.4 is 0 Å². The van der Waals surface area contributed by atoms with Crippen LogP contribution in [0.25, 0.3) is 0 Å². The van der Waals surface area contributed by atoms with Crippen LogP contribution in [0.1, 0.15) is 44.2 Å². The van der Waals surface area contributed by atoms with E-state index in [0.717, 1.165) is 12.0 Å². The van der Waals surface area contributed by atoms with Crippen molar-refractivity contribution in [2.24, 2.45) is 5.16 Å². The molecule has 0 aromatic heterocycles. The molecule has 0 N–H and O–H groups in total. The summed E-state index contributed by atoms with van der Waals surface area (Å²) in [6, 6.07) is 6.85. The largest absolute Gasteiger partial charge is 0.364 e. The van der Waals surface area contributed by atoms with E-state index in [-0.39, 0.29) is 5.71 Å². The number of nitrogens with zero attached hydrogens (tertiary/aromatic N) is 1. The molecule has 152 valence electrons. The minimum Gasteiger partial charge on any atom is -0.264 e. The zero-order valence-electron chi connectivity index (χ0n) is 15.1. The van der Waals surface area contributed by atoms with Crippen LogP contribution in [0.5, 0.6) is 0 Å². The van der Waals surface area contributed by atoms with Gasteiger partial charge in [0, 0.05) is 0 Å². The van der Waals surface area contributed by atoms with Crippen molar-refractivity contribution >= 4 is 15.8 Å². The van der Waals surface area contributed by atoms with E-state index >= 15 is 0 Å². The molecule has 4 nitrogen and oxygen atoms in total. The molecular formula is C18H16F5NO3S. The molecule has 2 aromatic rings. The molecule has 0 aliphatic rings. The second kappa shape index (κ2) is 8.26. The molecule has 2 aromatic carbocycles. The molecule has 0 aliphatic carbocycles. The van der Waals surface area contributed by atoms with Crippen molar-refractivity contribution in [2.45, 2.75) is 38.0 Å². The van der Waals surface area contributed by atoms with Crippen LogP contribution in [0.4, 0.5) is 22.0 Å². The van der Waals surface area contributed by atoms with Gasteiger partial charge in [0.2, 0.25) is 5.82 Å². The number of oxime groups is 1. The Hall–Kier alpha value is -2.49. The molecule has 1 unspecified atom stereocenters. The van der Waals surface area contributed by atoms with Gasteiger partial charge in [-0.15, -0.1) is 0 Å². The second-order valence-electron chi connectivity index (χ2n) is 6.04. The highest BCUT2D eigenvalue weighted by Gasteiger charge is 2.35. The van der Waals surface area contributed by atoms with Crippen LogP contribution in [0, 0.1) is 29.1 Å². The predicted octanol–water partition coefficient (Wildman–Crippen LogP) is 5.03. The van der Waals surface area contributed by atoms with Crippen molar-refractivity contribution in [3.63, 3.8) is 0 Å². The van der Waals surface area contributed by atoms with Gasteiger partial charge in [-0.2, -0.15) is 8.42 Å². The van der Waals surface area contributed by atoms with E-state index in [1.807, 2.05) is 13.8 Å². The Balaban J connectivity index is 2.35. The Morgan fingerprint density at radius 2 is 1.43 bits per heavy atom. The molecule has 28 heavy (non-hydrogen) atoms. The maximum absolute atomic E-state index is 13.7. The summed E-state index contributed by atoms with van der Waals surface area (Å²) < 4.78 is 94.9. The summed E-state index contributed by atoms with van der Waals surface area (Å²) >= 11 is 0. The lowest BCUT2D eigenvalue weighted by Gasteiger charge is -2.10. The fourth-order valence-corrected chi connectivity index (χ4v) is 3.19. The SMILES string of the molecule is CCC(C)c1ccc(C(C)=NOS(=O)(=O)c2c(F)c(F)c(F)c(F)c2F)cc1. The van der Waals surface area contributed by atoms with Gasteiger partial charge in [0.05, 0.1) is 5.71 Å². The topological polar surface area (TPSA) is 55.7 Å². The maximum Gasteiger partial charge on any atom is 0.364 e. The minimum atomic E-state index is -5.40. The first-order chi connectivity index (χ1) is 13.0. The van der Waals surface area contributed by atoms with Crippen molar-refractivity contribution < 1.29 is 34.7 Å². The highest BCUT2D eigenvalue weighted by Crippen LogP contribution is 2.28. The summed E-state index contributed by atoms with van der Waals surface area (Å²) in [7, 11) is -5.40. The summed E-state index contributed by atoms with van der Waals surface area (Å²) in [4.78, 5) is -2.10. The first-order valence-electron chi connectivity index (χ1n) is 8.11. The Morgan fingerprint density at radius 3 is 1.89 bits per heavy atom. The average molecular weight is 421 g/mol. The summed E-state index contributed by atoms with van der Waals surface area (Å²) in [5.74, 6) is -12.0. The molecule has 0 radical (unpaired) electrons. The van der Waals surface area contributed by atoms with Gasteiger partial charge in [-0.05, 0) is 30.4 Å². The van der Waals surface area contributed by atoms with Crippen LogP contribution in [0.3, 0.4) is 0 Å². The normalized spacial score (nSPS) is 13.5. The smallest absolute Gasteiger partial charge is 0.264 e. The van der Waals surface area contributed by atoms with E-state index < -0.39 is 44.1 Å². The lowest BCUT2D eigenvalue weighted by Crippen LogP contribution is -2.14. The molecule has 0 saturated carbocycles. The molecular weight excluding hydrogens is 405 g/mol. The van der Waals surface area contributed by atoms with Gasteiger partial charge in [0.1, 0.15) is 0 Å². The fourth-order valence-electron chi connectivity index (χ4n) is 2.29. The third kappa shape index (κ3) is 4.16. The number of hydrogen-bond donors (Lipinski definition) is 0. The molecule has 0 aliphatic heterocycles. The Morgan fingerprint density at radius 1 is 0.964 bits per heavy atom. The third-order valence-electron chi connectivity index (χ3n) is 4.20. The standard InChI is InChI=1S/C18H16F5NO3S/c1-4-9(2)11-5-7-12(8-6-11)10(3)24-27-28(25,26)18-16(22)14(20)13(19)15(21)17(18)23/h5-9H,4H2,1-3H3. The molecule has 1 atom stereocenters. The van der Waals surface area contributed by atoms with Gasteiger partial charge in [-0.1, -0.05) is 43.3 Å². The van der Waals surface area contributed by atoms with Crippen molar-refractivity contribution in [3.8, 4) is 0 Å². The lowest BCUT2D eigenvalue weighted by molar-refractivity contribution is 0.318. The van der Waals surface area contributed by atoms with Crippen LogP contribution in [-0.4, -0.2) is 14.1 Å². The third-order valence-corrected chi connectivity index (χ3v) is 5.33. The Labute approximate surface area is 158 Å². The lowest BCUT2D eigenvalue weighted by atomic mass is 9.97. The number of halogens is 5. The van der Waals surface area contributed by atoms with E-state index in [1.54, 1.807) is 24.3 Å². The first kappa shape index (κ1) is 21.8. The predicted molar refractivity (Wildman–Crippen MR) is 91.9 cm³/mol. The molecule has 10 heteroatoms. The summed E-state index contributed by atoms with van der Waals surface area (Å²) in [6.45, 7) is 5.39. The average Bonchev–Trinajstić information content (AvgIpc) is 2.68. The summed E-state index contributed by atoms with van der Waals surface area (Å²) in [6.07, 6.45) is 0.912. The van der Waals surface area contributed by atoms with Crippen molar-refractivity contribution in [3.05, 3.63) is 64.5 Å². The van der Waals surface area contributed by atoms with Gasteiger partial charge in [-0.25, -0.2) is 22.0 Å². The summed E-state index contributed by atoms with van der Waals surface area (Å²) in [5.41, 5.74) is 1.50. The van der Waals surface area contributed by atoms with E-state index in [4.69, 9.17) is 0 Å². The Kier molecular flexibility index (Phi) is 6.43. The molecule has 0 amide bonds. The minimum absolute atomic E-state index is 0.0168. The van der Waals surface area contributed by atoms with Crippen LogP contribution in [-0.2, 0) is 14.4 Å². The molecule has 2 rings (SSSR count). The highest BCUT2D eigenvalue weighted by atomic mass is 32.2. The van der Waals surface area contributed by atoms with Gasteiger partial charge in [0.25, 0.3) is 0 Å². The van der Waals surface area contributed by atoms with E-state index in [1.165, 1.54) is 6.92 Å². The fraction of sp³-hybridized carbons (Fsp3) is 0.278. The number of hydrogen-bond acceptors (Lipinski definition) is 4. The van der Waals surface area contributed by atoms with Gasteiger partial charge in [0.15, 0.2) is 28.2 Å². The van der Waals surface area contributed by atoms with Gasteiger partial charge in [-0.3, -0.25) is 4.28 Å². The maximum atomic E-state index is 13.7. The van der Waals surface area contributed by atoms with E-state index in [2.05, 4.69) is 9.44 Å². The monoisotopic (exact) mass is 421 g/mol. The van der Waals surface area contributed by atoms with Gasteiger partial charge < -0.3 is 0 Å². The van der Waals surface area contributed by atoms with E-state index in [0.29, 0.717) is 11.5 Å². The number of benzene rings is 2. The zero-order chi connectivity index (χ0) is 21.2. The second-order valence-corrected chi connectivity index (χ2v) is 7.50. The molecule has 0 saturated heterocycles. The quantitative estimate of drug-likeness (QED) is 0.216. The molecule has 0 heterocycles. The summed E-state index contributed by atoms with van der Waals surface area (Å²) in [5, 5.41) is 3.26. The van der Waals surface area contributed by atoms with Crippen molar-refractivity contribution in [2.75, 3.05) is 0 Å². The van der Waals surface area contributed by atoms with Crippen molar-refractivity contribution in [1.29, 1.82) is 0 Å². The molecule has 0 bridgehead atoms. The van der Waals surface area contributed by atoms with Crippen LogP contribution in [0.15, 0.2) is 34.3 Å². The zero-order valence-corrected chi connectivity index (χ0v) is 15.9. The van der Waals surface area contributed by atoms with Gasteiger partial charge >= 0.3 is 10.1 Å². The van der Waals surface area contributed by atoms with Crippen LogP contribution >= 0.6 is 0 Å². The first-order valence-corrected chi connectivity index (χ1v) is 9.52.